The molecular formula is C73H81N7O20P2S2Si. The SMILES string of the molecule is C=C1CCC(=O)C1OS(=O)(=O)CCCC(=O)NO.CO[Si](CCCCCP(=O)(OCc1ccccc1[N+](=O)[O-])OCc1ccccc1[N+](=O)[O-])(OC)OC.O=P(O)(O)c1ccc(COc2ccc(-c3ccncc3)cc2)cc1.SCCc1ccc(-c2cc(-c3ccccn3)nc(-c3ccccn3)c2)cc1. The van der Waals surface area contributed by atoms with Crippen molar-refractivity contribution in [1.29, 1.82) is 0 Å². The lowest BCUT2D eigenvalue weighted by Crippen LogP contribution is -2.42. The molecule has 1 atom stereocenters. The molecule has 1 saturated carbocycles. The van der Waals surface area contributed by atoms with Gasteiger partial charge in [0.15, 0.2) is 11.9 Å². The summed E-state index contributed by atoms with van der Waals surface area (Å²) in [7, 11) is -9.99. The number of nitro groups is 2. The van der Waals surface area contributed by atoms with Gasteiger partial charge in [0.2, 0.25) is 5.91 Å². The fourth-order valence-corrected chi connectivity index (χ4v) is 15.6. The maximum Gasteiger partial charge on any atom is 0.500 e. The maximum absolute atomic E-state index is 13.6. The Morgan fingerprint density at radius 3 is 1.64 bits per heavy atom. The second-order valence-electron chi connectivity index (χ2n) is 23.2. The number of nitro benzene ring substituents is 2. The Kier molecular flexibility index (Phi) is 32.8. The fraction of sp³-hybridized carbons (Fsp3) is 0.260. The first kappa shape index (κ1) is 83.1. The van der Waals surface area contributed by atoms with Gasteiger partial charge in [0.1, 0.15) is 12.4 Å². The number of thiol groups is 1. The number of carbonyl (C=O) groups is 2. The molecule has 554 valence electrons. The van der Waals surface area contributed by atoms with Gasteiger partial charge in [0.25, 0.3) is 21.5 Å². The molecule has 9 aromatic rings. The van der Waals surface area contributed by atoms with Crippen LogP contribution in [0, 0.1) is 20.2 Å². The number of hydrogen-bond acceptors (Lipinski definition) is 23. The summed E-state index contributed by atoms with van der Waals surface area (Å²) in [5.74, 6) is 0.217. The smallest absolute Gasteiger partial charge is 0.489 e. The highest BCUT2D eigenvalue weighted by atomic mass is 32.2. The van der Waals surface area contributed by atoms with Gasteiger partial charge >= 0.3 is 24.0 Å². The monoisotopic (exact) mass is 1530 g/mol. The van der Waals surface area contributed by atoms with Gasteiger partial charge in [0, 0.05) is 77.1 Å². The van der Waals surface area contributed by atoms with Crippen molar-refractivity contribution in [3.63, 3.8) is 0 Å². The van der Waals surface area contributed by atoms with Crippen LogP contribution in [-0.4, -0.2) is 119 Å². The van der Waals surface area contributed by atoms with Crippen molar-refractivity contribution >= 4 is 75.1 Å². The van der Waals surface area contributed by atoms with Crippen LogP contribution < -0.4 is 15.5 Å². The molecule has 5 aromatic carbocycles. The summed E-state index contributed by atoms with van der Waals surface area (Å²) >= 11 is 4.31. The van der Waals surface area contributed by atoms with E-state index in [1.54, 1.807) is 49.1 Å². The van der Waals surface area contributed by atoms with E-state index in [2.05, 4.69) is 70.6 Å². The van der Waals surface area contributed by atoms with Crippen LogP contribution in [0.15, 0.2) is 219 Å². The normalized spacial score (nSPS) is 12.9. The zero-order valence-electron chi connectivity index (χ0n) is 57.7. The van der Waals surface area contributed by atoms with Crippen LogP contribution in [0.5, 0.6) is 5.75 Å². The minimum absolute atomic E-state index is 0.00210. The van der Waals surface area contributed by atoms with E-state index in [1.165, 1.54) is 80.9 Å². The van der Waals surface area contributed by atoms with Gasteiger partial charge in [-0.2, -0.15) is 21.0 Å². The van der Waals surface area contributed by atoms with E-state index < -0.39 is 61.7 Å². The number of ketones is 1. The number of nitrogens with one attached hydrogen (secondary N) is 1. The lowest BCUT2D eigenvalue weighted by molar-refractivity contribution is -0.385. The third kappa shape index (κ3) is 26.7. The maximum atomic E-state index is 13.6. The molecule has 1 fully saturated rings. The number of Topliss-reactive ketones (excluding diaryl/α,β-unsaturated/α-hetero) is 1. The van der Waals surface area contributed by atoms with Gasteiger partial charge in [-0.3, -0.25) is 63.3 Å². The van der Waals surface area contributed by atoms with E-state index >= 15 is 0 Å². The molecule has 0 aliphatic heterocycles. The predicted molar refractivity (Wildman–Crippen MR) is 401 cm³/mol. The third-order valence-electron chi connectivity index (χ3n) is 16.0. The van der Waals surface area contributed by atoms with Crippen LogP contribution in [0.25, 0.3) is 45.0 Å². The number of rotatable bonds is 33. The third-order valence-corrected chi connectivity index (χ3v) is 23.2. The molecule has 1 aliphatic rings. The van der Waals surface area contributed by atoms with E-state index in [0.29, 0.717) is 43.9 Å². The van der Waals surface area contributed by atoms with Crippen LogP contribution in [-0.2, 0) is 81.6 Å². The molecule has 32 heteroatoms. The molecule has 1 aliphatic carbocycles. The number of hydrogen-bond donors (Lipinski definition) is 5. The van der Waals surface area contributed by atoms with Crippen molar-refractivity contribution in [3.05, 3.63) is 261 Å². The number of carbonyl (C=O) groups excluding carboxylic acids is 2. The highest BCUT2D eigenvalue weighted by molar-refractivity contribution is 7.86. The molecule has 4 aromatic heterocycles. The first-order valence-corrected chi connectivity index (χ1v) is 40.2. The number of benzene rings is 5. The van der Waals surface area contributed by atoms with Crippen LogP contribution in [0.2, 0.25) is 6.04 Å². The van der Waals surface area contributed by atoms with Crippen LogP contribution in [0.4, 0.5) is 11.4 Å². The van der Waals surface area contributed by atoms with Crippen LogP contribution in [0.3, 0.4) is 0 Å². The van der Waals surface area contributed by atoms with Gasteiger partial charge in [-0.25, -0.2) is 10.5 Å². The van der Waals surface area contributed by atoms with Crippen molar-refractivity contribution in [2.24, 2.45) is 0 Å². The molecule has 0 saturated heterocycles. The van der Waals surface area contributed by atoms with Gasteiger partial charge in [-0.1, -0.05) is 97.9 Å². The van der Waals surface area contributed by atoms with Crippen molar-refractivity contribution < 1.29 is 83.2 Å². The lowest BCUT2D eigenvalue weighted by atomic mass is 10.0. The number of amides is 1. The van der Waals surface area contributed by atoms with E-state index in [4.69, 9.17) is 51.2 Å². The Morgan fingerprint density at radius 1 is 0.638 bits per heavy atom. The Labute approximate surface area is 614 Å². The standard InChI is InChI=1S/C23H19N3S.C22H31N2O10PSi.C18H16NO4P.C10H15NO6S/c27-14-11-17-7-9-18(10-8-17)19-15-22(20-5-1-3-12-24-20)26-23(16-19)21-6-2-4-13-25-21;1-30-36(31-2,32-3)16-10-4-9-15-35(29,33-17-19-11-5-7-13-21(19)23(25)26)34-18-20-12-6-8-14-22(20)24(27)28;20-24(21,22)18-7-1-14(2-8-18)13-23-17-5-3-15(4-6-17)16-9-11-19-12-10-16;1-7-4-5-8(12)10(7)17-18(15,16)6-2-3-9(13)11-14/h1-10,12-13,15-16,27H,11,14H2;5-8,11-14H,4,9-10,15-18H2,1-3H3;1-12H,13H2,(H2,20,21,22);10,14H,1-6H2,(H,11,13). The molecule has 0 radical (unpaired) electrons. The first-order valence-electron chi connectivity index (χ1n) is 32.8. The van der Waals surface area contributed by atoms with Gasteiger partial charge < -0.3 is 36.8 Å². The second kappa shape index (κ2) is 41.5. The first-order chi connectivity index (χ1) is 50.4. The number of ether oxygens (including phenoxy) is 1. The molecular weight excluding hydrogens is 1450 g/mol. The van der Waals surface area contributed by atoms with Crippen molar-refractivity contribution in [2.45, 2.75) is 83.3 Å². The fourth-order valence-electron chi connectivity index (χ4n) is 10.3. The molecule has 1 amide bonds. The molecule has 0 spiro atoms. The average molecular weight is 1530 g/mol. The number of aromatic nitrogens is 4. The Hall–Kier alpha value is -9.20. The number of aryl methyl sites for hydroxylation is 1. The second-order valence-corrected chi connectivity index (χ2v) is 32.3. The molecule has 10 rings (SSSR count). The number of unbranched alkanes of at least 4 members (excludes halogenated alkanes) is 2. The highest BCUT2D eigenvalue weighted by Crippen LogP contribution is 2.51. The summed E-state index contributed by atoms with van der Waals surface area (Å²) < 4.78 is 85.7. The minimum Gasteiger partial charge on any atom is -0.489 e. The Balaban J connectivity index is 0.000000201. The molecule has 4 heterocycles. The molecule has 4 N–H and O–H groups in total. The lowest BCUT2D eigenvalue weighted by Gasteiger charge is -2.24. The zero-order valence-corrected chi connectivity index (χ0v) is 62.2. The van der Waals surface area contributed by atoms with Crippen LogP contribution >= 0.6 is 27.8 Å². The number of nitrogens with zero attached hydrogens (tertiary/aromatic N) is 6. The molecule has 27 nitrogen and oxygen atoms in total. The van der Waals surface area contributed by atoms with Gasteiger partial charge in [-0.15, -0.1) is 0 Å². The van der Waals surface area contributed by atoms with E-state index in [9.17, 15) is 47.4 Å². The topological polar surface area (TPSA) is 378 Å². The molecule has 0 bridgehead atoms. The number of hydroxylamine groups is 1. The summed E-state index contributed by atoms with van der Waals surface area (Å²) in [6, 6.07) is 54.8. The van der Waals surface area contributed by atoms with Gasteiger partial charge in [-0.05, 0) is 162 Å². The summed E-state index contributed by atoms with van der Waals surface area (Å²) in [6.45, 7) is 3.30. The van der Waals surface area contributed by atoms with Crippen LogP contribution in [0.1, 0.15) is 67.2 Å². The number of pyridine rings is 4. The van der Waals surface area contributed by atoms with Gasteiger partial charge in [0.05, 0.1) is 74.2 Å². The predicted octanol–water partition coefficient (Wildman–Crippen LogP) is 13.9. The minimum atomic E-state index is -4.20. The van der Waals surface area contributed by atoms with Crippen molar-refractivity contribution in [2.75, 3.05) is 39.0 Å². The summed E-state index contributed by atoms with van der Waals surface area (Å²) in [4.78, 5) is 79.5. The van der Waals surface area contributed by atoms with E-state index in [-0.39, 0.29) is 72.2 Å². The van der Waals surface area contributed by atoms with Crippen molar-refractivity contribution in [3.8, 4) is 50.8 Å². The van der Waals surface area contributed by atoms with E-state index in [1.807, 2.05) is 72.8 Å². The number of para-hydroxylation sites is 2. The Morgan fingerprint density at radius 2 is 1.15 bits per heavy atom. The van der Waals surface area contributed by atoms with E-state index in [0.717, 1.165) is 68.5 Å². The molecule has 1 unspecified atom stereocenters. The highest BCUT2D eigenvalue weighted by Gasteiger charge is 2.37. The summed E-state index contributed by atoms with van der Waals surface area (Å²) in [5, 5.41) is 30.9. The quantitative estimate of drug-likeness (QED) is 0.00293. The van der Waals surface area contributed by atoms with Crippen molar-refractivity contribution in [1.82, 2.24) is 25.4 Å². The summed E-state index contributed by atoms with van der Waals surface area (Å²) in [5.41, 5.74) is 11.9. The zero-order chi connectivity index (χ0) is 75.8. The Bertz CT molecular complexity index is 4370. The summed E-state index contributed by atoms with van der Waals surface area (Å²) in [6.07, 6.45) is 9.30. The molecule has 105 heavy (non-hydrogen) atoms. The average Bonchev–Trinajstić information content (AvgIpc) is 1.09. The largest absolute Gasteiger partial charge is 0.500 e.